The summed E-state index contributed by atoms with van der Waals surface area (Å²) in [5, 5.41) is 19.8. The SMILES string of the molecule is COC(C(=O)Nc1ccc([C@H](Nc2ccc(C(=N)N)cc2)C(=O)NCc2ccccc2)cc1NC(=O)C(OC)c1ccccc1)c1ccccc1. The number of ether oxygens (including phenoxy) is 2. The number of methoxy groups -OCH3 is 2. The van der Waals surface area contributed by atoms with Gasteiger partial charge in [-0.25, -0.2) is 0 Å². The van der Waals surface area contributed by atoms with Crippen LogP contribution < -0.4 is 27.0 Å². The highest BCUT2D eigenvalue weighted by Gasteiger charge is 2.27. The molecule has 0 aromatic heterocycles. The summed E-state index contributed by atoms with van der Waals surface area (Å²) in [6, 6.07) is 38.4. The molecule has 5 aromatic rings. The molecule has 0 spiro atoms. The molecule has 0 saturated carbocycles. The van der Waals surface area contributed by atoms with Gasteiger partial charge in [-0.2, -0.15) is 0 Å². The fourth-order valence-corrected chi connectivity index (χ4v) is 5.50. The van der Waals surface area contributed by atoms with Gasteiger partial charge in [-0.15, -0.1) is 0 Å². The van der Waals surface area contributed by atoms with E-state index >= 15 is 0 Å². The van der Waals surface area contributed by atoms with E-state index in [1.54, 1.807) is 66.7 Å². The molecular formula is C40H40N6O5. The van der Waals surface area contributed by atoms with E-state index in [1.165, 1.54) is 14.2 Å². The summed E-state index contributed by atoms with van der Waals surface area (Å²) in [5.74, 6) is -1.37. The van der Waals surface area contributed by atoms with Crippen LogP contribution in [0.3, 0.4) is 0 Å². The Morgan fingerprint density at radius 2 is 1.14 bits per heavy atom. The lowest BCUT2D eigenvalue weighted by Crippen LogP contribution is -2.33. The lowest BCUT2D eigenvalue weighted by Gasteiger charge is -2.23. The van der Waals surface area contributed by atoms with Crippen LogP contribution in [-0.4, -0.2) is 37.8 Å². The van der Waals surface area contributed by atoms with Gasteiger partial charge in [0.05, 0.1) is 11.4 Å². The van der Waals surface area contributed by atoms with E-state index < -0.39 is 30.1 Å². The average Bonchev–Trinajstić information content (AvgIpc) is 3.15. The standard InChI is InChI=1S/C40H40N6O5/c1-50-35(27-14-8-4-9-15-27)39(48)45-32-23-20-30(24-33(32)46-40(49)36(51-2)28-16-10-5-11-17-28)34(38(47)43-25-26-12-6-3-7-13-26)44-31-21-18-29(19-22-31)37(41)42/h3-24,34-36,44H,25H2,1-2H3,(H3,41,42)(H,43,47)(H,45,48)(H,46,49)/t34-,35?,36?/m0/s1. The molecule has 0 saturated heterocycles. The van der Waals surface area contributed by atoms with Crippen molar-refractivity contribution in [2.45, 2.75) is 24.8 Å². The lowest BCUT2D eigenvalue weighted by molar-refractivity contribution is -0.126. The van der Waals surface area contributed by atoms with Crippen molar-refractivity contribution in [2.75, 3.05) is 30.2 Å². The molecule has 3 amide bonds. The molecule has 3 atom stereocenters. The van der Waals surface area contributed by atoms with E-state index in [0.29, 0.717) is 27.9 Å². The Kier molecular flexibility index (Phi) is 12.3. The third-order valence-corrected chi connectivity index (χ3v) is 8.12. The summed E-state index contributed by atoms with van der Waals surface area (Å²) < 4.78 is 11.1. The average molecular weight is 685 g/mol. The first kappa shape index (κ1) is 36.0. The maximum atomic E-state index is 13.9. The normalized spacial score (nSPS) is 12.5. The predicted octanol–water partition coefficient (Wildman–Crippen LogP) is 6.09. The summed E-state index contributed by atoms with van der Waals surface area (Å²) >= 11 is 0. The number of hydrogen-bond acceptors (Lipinski definition) is 7. The van der Waals surface area contributed by atoms with Crippen molar-refractivity contribution in [3.63, 3.8) is 0 Å². The second-order valence-electron chi connectivity index (χ2n) is 11.6. The maximum absolute atomic E-state index is 13.9. The molecule has 0 fully saturated rings. The van der Waals surface area contributed by atoms with Gasteiger partial charge in [-0.3, -0.25) is 19.8 Å². The van der Waals surface area contributed by atoms with Crippen LogP contribution in [0.5, 0.6) is 0 Å². The Balaban J connectivity index is 1.52. The van der Waals surface area contributed by atoms with Gasteiger partial charge < -0.3 is 36.5 Å². The fraction of sp³-hybridized carbons (Fsp3) is 0.150. The molecule has 0 aliphatic rings. The van der Waals surface area contributed by atoms with Crippen LogP contribution in [0.2, 0.25) is 0 Å². The van der Waals surface area contributed by atoms with Crippen molar-refractivity contribution in [2.24, 2.45) is 5.73 Å². The lowest BCUT2D eigenvalue weighted by atomic mass is 10.0. The minimum atomic E-state index is -0.961. The zero-order valence-electron chi connectivity index (χ0n) is 28.3. The molecule has 2 unspecified atom stereocenters. The Hall–Kier alpha value is -6.30. The number of carbonyl (C=O) groups is 3. The first-order chi connectivity index (χ1) is 24.8. The number of anilines is 3. The predicted molar refractivity (Wildman–Crippen MR) is 198 cm³/mol. The largest absolute Gasteiger partial charge is 0.384 e. The second-order valence-corrected chi connectivity index (χ2v) is 11.6. The first-order valence-corrected chi connectivity index (χ1v) is 16.2. The van der Waals surface area contributed by atoms with E-state index in [-0.39, 0.29) is 29.7 Å². The number of nitrogen functional groups attached to an aromatic ring is 1. The van der Waals surface area contributed by atoms with E-state index in [9.17, 15) is 14.4 Å². The number of carbonyl (C=O) groups excluding carboxylic acids is 3. The molecule has 5 rings (SSSR count). The van der Waals surface area contributed by atoms with Crippen LogP contribution >= 0.6 is 0 Å². The Labute approximate surface area is 296 Å². The molecule has 260 valence electrons. The monoisotopic (exact) mass is 684 g/mol. The second kappa shape index (κ2) is 17.4. The zero-order chi connectivity index (χ0) is 36.2. The van der Waals surface area contributed by atoms with Crippen LogP contribution in [0.25, 0.3) is 0 Å². The minimum Gasteiger partial charge on any atom is -0.384 e. The van der Waals surface area contributed by atoms with Gasteiger partial charge in [0.15, 0.2) is 12.2 Å². The van der Waals surface area contributed by atoms with Crippen LogP contribution in [0.4, 0.5) is 17.1 Å². The highest BCUT2D eigenvalue weighted by Crippen LogP contribution is 2.31. The van der Waals surface area contributed by atoms with Crippen molar-refractivity contribution >= 4 is 40.6 Å². The smallest absolute Gasteiger partial charge is 0.258 e. The summed E-state index contributed by atoms with van der Waals surface area (Å²) in [4.78, 5) is 41.2. The van der Waals surface area contributed by atoms with Crippen LogP contribution in [0.1, 0.15) is 46.1 Å². The Bertz CT molecular complexity index is 1940. The maximum Gasteiger partial charge on any atom is 0.258 e. The van der Waals surface area contributed by atoms with E-state index in [2.05, 4.69) is 21.3 Å². The van der Waals surface area contributed by atoms with Crippen LogP contribution in [-0.2, 0) is 30.4 Å². The number of nitrogens with one attached hydrogen (secondary N) is 5. The summed E-state index contributed by atoms with van der Waals surface area (Å²) in [7, 11) is 2.88. The molecule has 11 nitrogen and oxygen atoms in total. The number of nitrogens with two attached hydrogens (primary N) is 1. The number of amides is 3. The molecule has 51 heavy (non-hydrogen) atoms. The van der Waals surface area contributed by atoms with Gasteiger partial charge in [0.2, 0.25) is 5.91 Å². The molecule has 0 aliphatic heterocycles. The Morgan fingerprint density at radius 1 is 0.627 bits per heavy atom. The first-order valence-electron chi connectivity index (χ1n) is 16.2. The third kappa shape index (κ3) is 9.44. The molecule has 0 radical (unpaired) electrons. The molecule has 0 aliphatic carbocycles. The molecule has 7 N–H and O–H groups in total. The van der Waals surface area contributed by atoms with Crippen LogP contribution in [0.15, 0.2) is 133 Å². The number of benzene rings is 5. The van der Waals surface area contributed by atoms with Crippen molar-refractivity contribution in [1.29, 1.82) is 5.41 Å². The quantitative estimate of drug-likeness (QED) is 0.0573. The molecule has 0 heterocycles. The molecule has 0 bridgehead atoms. The minimum absolute atomic E-state index is 0.0791. The van der Waals surface area contributed by atoms with E-state index in [1.807, 2.05) is 66.7 Å². The van der Waals surface area contributed by atoms with Crippen molar-refractivity contribution in [1.82, 2.24) is 5.32 Å². The third-order valence-electron chi connectivity index (χ3n) is 8.12. The number of amidine groups is 1. The molecule has 11 heteroatoms. The summed E-state index contributed by atoms with van der Waals surface area (Å²) in [5.41, 5.74) is 9.99. The summed E-state index contributed by atoms with van der Waals surface area (Å²) in [6.07, 6.45) is -1.89. The van der Waals surface area contributed by atoms with Crippen molar-refractivity contribution in [3.8, 4) is 0 Å². The molecular weight excluding hydrogens is 644 g/mol. The highest BCUT2D eigenvalue weighted by molar-refractivity contribution is 6.03. The zero-order valence-corrected chi connectivity index (χ0v) is 28.3. The fourth-order valence-electron chi connectivity index (χ4n) is 5.50. The van der Waals surface area contributed by atoms with Gasteiger partial charge in [-0.05, 0) is 58.7 Å². The van der Waals surface area contributed by atoms with Gasteiger partial charge in [0, 0.05) is 32.0 Å². The highest BCUT2D eigenvalue weighted by atomic mass is 16.5. The van der Waals surface area contributed by atoms with Crippen LogP contribution in [0, 0.1) is 5.41 Å². The molecule has 5 aromatic carbocycles. The van der Waals surface area contributed by atoms with Gasteiger partial charge in [-0.1, -0.05) is 97.1 Å². The Morgan fingerprint density at radius 3 is 1.65 bits per heavy atom. The van der Waals surface area contributed by atoms with E-state index in [4.69, 9.17) is 20.6 Å². The van der Waals surface area contributed by atoms with Gasteiger partial charge >= 0.3 is 0 Å². The van der Waals surface area contributed by atoms with Crippen molar-refractivity contribution < 1.29 is 23.9 Å². The van der Waals surface area contributed by atoms with Gasteiger partial charge in [0.25, 0.3) is 11.8 Å². The van der Waals surface area contributed by atoms with Gasteiger partial charge in [0.1, 0.15) is 11.9 Å². The topological polar surface area (TPSA) is 168 Å². The van der Waals surface area contributed by atoms with E-state index in [0.717, 1.165) is 5.56 Å². The van der Waals surface area contributed by atoms with Crippen molar-refractivity contribution in [3.05, 3.63) is 161 Å². The number of hydrogen-bond donors (Lipinski definition) is 6. The number of rotatable bonds is 15. The summed E-state index contributed by atoms with van der Waals surface area (Å²) in [6.45, 7) is 0.281.